The highest BCUT2D eigenvalue weighted by Gasteiger charge is 2.27. The predicted octanol–water partition coefficient (Wildman–Crippen LogP) is 1.88. The van der Waals surface area contributed by atoms with Gasteiger partial charge in [0.05, 0.1) is 11.2 Å². The summed E-state index contributed by atoms with van der Waals surface area (Å²) in [5.74, 6) is -2.97. The highest BCUT2D eigenvalue weighted by atomic mass is 35.5. The van der Waals surface area contributed by atoms with Gasteiger partial charge in [-0.15, -0.1) is 0 Å². The topological polar surface area (TPSA) is 92.7 Å². The van der Waals surface area contributed by atoms with Crippen molar-refractivity contribution in [2.45, 2.75) is 24.3 Å². The van der Waals surface area contributed by atoms with Crippen molar-refractivity contribution in [3.8, 4) is 0 Å². The first-order chi connectivity index (χ1) is 9.50. The van der Waals surface area contributed by atoms with E-state index in [0.717, 1.165) is 12.1 Å². The molecular formula is C12H15ClFNO5S. The van der Waals surface area contributed by atoms with Crippen LogP contribution in [0.2, 0.25) is 5.02 Å². The zero-order valence-corrected chi connectivity index (χ0v) is 13.2. The number of carboxylic acids is 1. The number of hydrogen-bond donors (Lipinski definition) is 2. The number of benzene rings is 1. The smallest absolute Gasteiger partial charge is 0.338 e. The van der Waals surface area contributed by atoms with Crippen molar-refractivity contribution in [1.82, 2.24) is 4.72 Å². The first-order valence-electron chi connectivity index (χ1n) is 5.77. The molecule has 0 aliphatic carbocycles. The highest BCUT2D eigenvalue weighted by molar-refractivity contribution is 7.89. The fraction of sp³-hybridized carbons (Fsp3) is 0.417. The predicted molar refractivity (Wildman–Crippen MR) is 74.6 cm³/mol. The molecule has 1 aromatic rings. The van der Waals surface area contributed by atoms with Gasteiger partial charge in [0.25, 0.3) is 0 Å². The molecule has 1 aromatic carbocycles. The summed E-state index contributed by atoms with van der Waals surface area (Å²) in [6, 6.07) is 1.70. The number of sulfonamides is 1. The van der Waals surface area contributed by atoms with Crippen LogP contribution < -0.4 is 4.72 Å². The number of carboxylic acid groups (broad SMARTS) is 1. The van der Waals surface area contributed by atoms with E-state index in [1.54, 1.807) is 13.8 Å². The number of carbonyl (C=O) groups is 1. The van der Waals surface area contributed by atoms with Gasteiger partial charge in [-0.05, 0) is 26.0 Å². The van der Waals surface area contributed by atoms with E-state index >= 15 is 0 Å². The molecular weight excluding hydrogens is 325 g/mol. The Labute approximate surface area is 126 Å². The summed E-state index contributed by atoms with van der Waals surface area (Å²) >= 11 is 5.64. The number of ether oxygens (including phenoxy) is 1. The van der Waals surface area contributed by atoms with Crippen molar-refractivity contribution in [2.24, 2.45) is 0 Å². The molecule has 0 radical (unpaired) electrons. The number of rotatable bonds is 6. The Kier molecular flexibility index (Phi) is 5.32. The summed E-state index contributed by atoms with van der Waals surface area (Å²) in [5.41, 5.74) is -1.62. The summed E-state index contributed by atoms with van der Waals surface area (Å²) < 4.78 is 45.4. The van der Waals surface area contributed by atoms with Gasteiger partial charge in [0.15, 0.2) is 5.82 Å². The molecule has 0 unspecified atom stereocenters. The van der Waals surface area contributed by atoms with Gasteiger partial charge in [-0.1, -0.05) is 11.6 Å². The van der Waals surface area contributed by atoms with Crippen LogP contribution in [-0.2, 0) is 14.8 Å². The van der Waals surface area contributed by atoms with Crippen LogP contribution in [0.3, 0.4) is 0 Å². The van der Waals surface area contributed by atoms with E-state index in [0.29, 0.717) is 0 Å². The Bertz CT molecular complexity index is 660. The Morgan fingerprint density at radius 1 is 1.48 bits per heavy atom. The molecule has 6 nitrogen and oxygen atoms in total. The van der Waals surface area contributed by atoms with Crippen molar-refractivity contribution in [2.75, 3.05) is 13.7 Å². The average molecular weight is 340 g/mol. The lowest BCUT2D eigenvalue weighted by molar-refractivity contribution is 0.0276. The first kappa shape index (κ1) is 17.8. The number of halogens is 2. The lowest BCUT2D eigenvalue weighted by Gasteiger charge is -2.23. The maximum Gasteiger partial charge on any atom is 0.338 e. The van der Waals surface area contributed by atoms with Crippen molar-refractivity contribution in [1.29, 1.82) is 0 Å². The molecule has 21 heavy (non-hydrogen) atoms. The second-order valence-corrected chi connectivity index (χ2v) is 7.03. The fourth-order valence-electron chi connectivity index (χ4n) is 1.33. The van der Waals surface area contributed by atoms with Crippen molar-refractivity contribution in [3.63, 3.8) is 0 Å². The Balaban J connectivity index is 3.23. The first-order valence-corrected chi connectivity index (χ1v) is 7.63. The quantitative estimate of drug-likeness (QED) is 0.825. The Morgan fingerprint density at radius 3 is 2.52 bits per heavy atom. The van der Waals surface area contributed by atoms with E-state index in [4.69, 9.17) is 21.4 Å². The minimum absolute atomic E-state index is 0.125. The van der Waals surface area contributed by atoms with Crippen LogP contribution in [0, 0.1) is 5.82 Å². The molecule has 9 heteroatoms. The summed E-state index contributed by atoms with van der Waals surface area (Å²) in [5, 5.41) is 8.65. The number of methoxy groups -OCH3 is 1. The molecule has 0 saturated heterocycles. The van der Waals surface area contributed by atoms with Crippen LogP contribution in [0.25, 0.3) is 0 Å². The third-order valence-electron chi connectivity index (χ3n) is 2.76. The van der Waals surface area contributed by atoms with Crippen molar-refractivity contribution in [3.05, 3.63) is 28.5 Å². The van der Waals surface area contributed by atoms with Gasteiger partial charge in [0.1, 0.15) is 4.90 Å². The second-order valence-electron chi connectivity index (χ2n) is 4.86. The third-order valence-corrected chi connectivity index (χ3v) is 4.38. The molecule has 0 aromatic heterocycles. The Morgan fingerprint density at radius 2 is 2.05 bits per heavy atom. The van der Waals surface area contributed by atoms with Crippen molar-refractivity contribution >= 4 is 27.6 Å². The van der Waals surface area contributed by atoms with Crippen LogP contribution in [0.4, 0.5) is 4.39 Å². The minimum atomic E-state index is -4.27. The van der Waals surface area contributed by atoms with Gasteiger partial charge >= 0.3 is 5.97 Å². The number of hydrogen-bond acceptors (Lipinski definition) is 4. The van der Waals surface area contributed by atoms with E-state index in [2.05, 4.69) is 4.72 Å². The molecule has 0 saturated carbocycles. The molecule has 0 fully saturated rings. The lowest BCUT2D eigenvalue weighted by Crippen LogP contribution is -2.40. The minimum Gasteiger partial charge on any atom is -0.478 e. The van der Waals surface area contributed by atoms with Crippen LogP contribution >= 0.6 is 11.6 Å². The molecule has 0 spiro atoms. The van der Waals surface area contributed by atoms with E-state index in [9.17, 15) is 17.6 Å². The molecule has 2 N–H and O–H groups in total. The van der Waals surface area contributed by atoms with Crippen LogP contribution in [-0.4, -0.2) is 38.7 Å². The molecule has 0 atom stereocenters. The van der Waals surface area contributed by atoms with E-state index in [1.807, 2.05) is 0 Å². The number of nitrogens with one attached hydrogen (secondary N) is 1. The standard InChI is InChI=1S/C12H15ClFNO5S/c1-12(2,20-3)6-15-21(18,19)9-5-7(13)4-8(10(9)14)11(16)17/h4-5,15H,6H2,1-3H3,(H,16,17). The maximum absolute atomic E-state index is 14.0. The molecule has 0 bridgehead atoms. The molecule has 118 valence electrons. The summed E-state index contributed by atoms with van der Waals surface area (Å²) in [4.78, 5) is 10.1. The van der Waals surface area contributed by atoms with Gasteiger partial charge in [-0.25, -0.2) is 22.3 Å². The van der Waals surface area contributed by atoms with E-state index in [-0.39, 0.29) is 11.6 Å². The summed E-state index contributed by atoms with van der Waals surface area (Å²) in [6.07, 6.45) is 0. The van der Waals surface area contributed by atoms with Gasteiger partial charge in [-0.3, -0.25) is 0 Å². The SMILES string of the molecule is COC(C)(C)CNS(=O)(=O)c1cc(Cl)cc(C(=O)O)c1F. The van der Waals surface area contributed by atoms with E-state index < -0.39 is 37.9 Å². The van der Waals surface area contributed by atoms with Gasteiger partial charge in [0.2, 0.25) is 10.0 Å². The van der Waals surface area contributed by atoms with Crippen molar-refractivity contribution < 1.29 is 27.4 Å². The zero-order chi connectivity index (χ0) is 16.4. The Hall–Kier alpha value is -1.22. The molecule has 0 aliphatic rings. The monoisotopic (exact) mass is 339 g/mol. The van der Waals surface area contributed by atoms with Crippen LogP contribution in [0.5, 0.6) is 0 Å². The normalized spacial score (nSPS) is 12.4. The number of aromatic carboxylic acids is 1. The van der Waals surface area contributed by atoms with E-state index in [1.165, 1.54) is 7.11 Å². The van der Waals surface area contributed by atoms with Gasteiger partial charge < -0.3 is 9.84 Å². The fourth-order valence-corrected chi connectivity index (χ4v) is 2.94. The largest absolute Gasteiger partial charge is 0.478 e. The summed E-state index contributed by atoms with van der Waals surface area (Å²) in [6.45, 7) is 3.14. The van der Waals surface area contributed by atoms with Gasteiger partial charge in [-0.2, -0.15) is 0 Å². The summed E-state index contributed by atoms with van der Waals surface area (Å²) in [7, 11) is -2.87. The van der Waals surface area contributed by atoms with Gasteiger partial charge in [0, 0.05) is 18.7 Å². The second kappa shape index (κ2) is 6.27. The zero-order valence-electron chi connectivity index (χ0n) is 11.6. The average Bonchev–Trinajstić information content (AvgIpc) is 2.38. The van der Waals surface area contributed by atoms with Crippen LogP contribution in [0.1, 0.15) is 24.2 Å². The maximum atomic E-state index is 14.0. The lowest BCUT2D eigenvalue weighted by atomic mass is 10.1. The van der Waals surface area contributed by atoms with Crippen LogP contribution in [0.15, 0.2) is 17.0 Å². The third kappa shape index (κ3) is 4.37. The molecule has 1 rings (SSSR count). The molecule has 0 aliphatic heterocycles. The molecule has 0 amide bonds. The highest BCUT2D eigenvalue weighted by Crippen LogP contribution is 2.24. The molecule has 0 heterocycles.